The van der Waals surface area contributed by atoms with Crippen LogP contribution in [0.3, 0.4) is 0 Å². The van der Waals surface area contributed by atoms with E-state index in [-0.39, 0.29) is 11.0 Å². The van der Waals surface area contributed by atoms with Crippen LogP contribution in [0.1, 0.15) is 63.4 Å². The molecule has 0 bridgehead atoms. The molecule has 0 amide bonds. The van der Waals surface area contributed by atoms with E-state index in [0.717, 1.165) is 67.1 Å². The number of fused-ring (bicyclic) bond motifs is 5. The van der Waals surface area contributed by atoms with E-state index >= 15 is 0 Å². The molecular formula is C24H34N2O3S. The lowest BCUT2D eigenvalue weighted by Crippen LogP contribution is -2.45. The zero-order valence-electron chi connectivity index (χ0n) is 17.8. The number of hydrogen-bond donors (Lipinski definition) is 2. The van der Waals surface area contributed by atoms with Crippen molar-refractivity contribution in [2.24, 2.45) is 40.6 Å². The molecule has 1 aromatic carbocycles. The average molecular weight is 431 g/mol. The number of hydrazone groups is 1. The molecule has 5 rings (SSSR count). The minimum absolute atomic E-state index is 0.0779. The van der Waals surface area contributed by atoms with Gasteiger partial charge in [0.15, 0.2) is 0 Å². The Morgan fingerprint density at radius 1 is 0.900 bits per heavy atom. The highest BCUT2D eigenvalue weighted by molar-refractivity contribution is 7.89. The Balaban J connectivity index is 1.28. The van der Waals surface area contributed by atoms with Gasteiger partial charge in [0.05, 0.1) is 11.0 Å². The largest absolute Gasteiger partial charge is 0.393 e. The van der Waals surface area contributed by atoms with E-state index in [1.807, 2.05) is 19.1 Å². The second-order valence-corrected chi connectivity index (χ2v) is 11.9. The number of hydrogen-bond acceptors (Lipinski definition) is 4. The highest BCUT2D eigenvalue weighted by atomic mass is 32.2. The van der Waals surface area contributed by atoms with E-state index in [1.165, 1.54) is 25.7 Å². The summed E-state index contributed by atoms with van der Waals surface area (Å²) < 4.78 is 25.3. The maximum absolute atomic E-state index is 12.6. The molecule has 6 heteroatoms. The first-order valence-electron chi connectivity index (χ1n) is 11.8. The molecule has 0 radical (unpaired) electrons. The molecule has 4 aliphatic rings. The molecule has 164 valence electrons. The molecule has 4 aliphatic carbocycles. The van der Waals surface area contributed by atoms with Crippen molar-refractivity contribution < 1.29 is 13.5 Å². The van der Waals surface area contributed by atoms with Crippen LogP contribution < -0.4 is 4.83 Å². The van der Waals surface area contributed by atoms with Crippen molar-refractivity contribution >= 4 is 15.7 Å². The Labute approximate surface area is 180 Å². The number of sulfonamides is 1. The number of benzene rings is 1. The molecule has 30 heavy (non-hydrogen) atoms. The smallest absolute Gasteiger partial charge is 0.276 e. The van der Waals surface area contributed by atoms with Crippen LogP contribution in [0.4, 0.5) is 0 Å². The number of aliphatic hydroxyl groups is 1. The predicted molar refractivity (Wildman–Crippen MR) is 117 cm³/mol. The second-order valence-electron chi connectivity index (χ2n) is 10.2. The molecule has 0 spiro atoms. The average Bonchev–Trinajstić information content (AvgIpc) is 3.15. The molecule has 0 heterocycles. The van der Waals surface area contributed by atoms with Gasteiger partial charge in [0.1, 0.15) is 0 Å². The van der Waals surface area contributed by atoms with Crippen LogP contribution in [-0.2, 0) is 10.0 Å². The van der Waals surface area contributed by atoms with Gasteiger partial charge >= 0.3 is 0 Å². The number of nitrogens with zero attached hydrogens (tertiary/aromatic N) is 1. The van der Waals surface area contributed by atoms with Crippen molar-refractivity contribution in [3.63, 3.8) is 0 Å². The summed E-state index contributed by atoms with van der Waals surface area (Å²) in [6.45, 7) is 1.95. The first-order valence-corrected chi connectivity index (χ1v) is 13.2. The molecular weight excluding hydrogens is 396 g/mol. The number of rotatable bonds is 3. The third-order valence-corrected chi connectivity index (χ3v) is 9.89. The van der Waals surface area contributed by atoms with Crippen molar-refractivity contribution in [1.82, 2.24) is 4.83 Å². The molecule has 0 aliphatic heterocycles. The van der Waals surface area contributed by atoms with E-state index < -0.39 is 10.0 Å². The highest BCUT2D eigenvalue weighted by Crippen LogP contribution is 2.57. The Hall–Kier alpha value is -1.40. The van der Waals surface area contributed by atoms with Gasteiger partial charge in [-0.2, -0.15) is 13.5 Å². The molecule has 0 saturated heterocycles. The van der Waals surface area contributed by atoms with Crippen molar-refractivity contribution in [2.45, 2.75) is 75.7 Å². The van der Waals surface area contributed by atoms with Gasteiger partial charge in [-0.15, -0.1) is 0 Å². The lowest BCUT2D eigenvalue weighted by Gasteiger charge is -2.52. The fraction of sp³-hybridized carbons (Fsp3) is 0.708. The van der Waals surface area contributed by atoms with Gasteiger partial charge in [0.25, 0.3) is 10.0 Å². The standard InChI is InChI=1S/C24H34N2O3S/c1-15-2-6-18(7-3-15)30(28,29)26-25-24-13-12-22-21-8-4-16-14-17(27)5-9-19(16)20(21)10-11-23(22)24/h2-3,6-7,16-17,19-23,26-27H,4-5,8-14H2,1H3/t16-,17+,19+,20-,21+,22-,23-/m1/s1. The van der Waals surface area contributed by atoms with Gasteiger partial charge in [-0.05, 0) is 106 Å². The SMILES string of the molecule is Cc1ccc(S(=O)(=O)NN=C2CC[C@@H]3[C@H]4CC[C@@H]5C[C@@H](O)CC[C@@H]5[C@H]4CC[C@@H]23)cc1. The van der Waals surface area contributed by atoms with Crippen LogP contribution >= 0.6 is 0 Å². The fourth-order valence-corrected chi connectivity index (χ4v) is 8.13. The third-order valence-electron chi connectivity index (χ3n) is 8.66. The topological polar surface area (TPSA) is 78.8 Å². The zero-order chi connectivity index (χ0) is 20.9. The molecule has 2 N–H and O–H groups in total. The fourth-order valence-electron chi connectivity index (χ4n) is 7.30. The Kier molecular flexibility index (Phi) is 5.42. The molecule has 4 fully saturated rings. The molecule has 1 aromatic rings. The van der Waals surface area contributed by atoms with Crippen LogP contribution in [0.15, 0.2) is 34.3 Å². The van der Waals surface area contributed by atoms with Crippen LogP contribution in [0.5, 0.6) is 0 Å². The summed E-state index contributed by atoms with van der Waals surface area (Å²) in [5.74, 6) is 4.20. The molecule has 7 atom stereocenters. The maximum atomic E-state index is 12.6. The summed E-state index contributed by atoms with van der Waals surface area (Å²) >= 11 is 0. The summed E-state index contributed by atoms with van der Waals surface area (Å²) in [5.41, 5.74) is 2.10. The van der Waals surface area contributed by atoms with Gasteiger partial charge in [-0.25, -0.2) is 4.83 Å². The summed E-state index contributed by atoms with van der Waals surface area (Å²) in [5, 5.41) is 14.5. The van der Waals surface area contributed by atoms with E-state index in [1.54, 1.807) is 12.1 Å². The summed E-state index contributed by atoms with van der Waals surface area (Å²) in [6, 6.07) is 6.91. The van der Waals surface area contributed by atoms with Crippen LogP contribution in [0.2, 0.25) is 0 Å². The van der Waals surface area contributed by atoms with Gasteiger partial charge in [0.2, 0.25) is 0 Å². The minimum atomic E-state index is -3.61. The van der Waals surface area contributed by atoms with Gasteiger partial charge in [-0.1, -0.05) is 17.7 Å². The number of aryl methyl sites for hydroxylation is 1. The molecule has 0 aromatic heterocycles. The maximum Gasteiger partial charge on any atom is 0.276 e. The molecule has 5 nitrogen and oxygen atoms in total. The third kappa shape index (κ3) is 3.70. The van der Waals surface area contributed by atoms with Crippen LogP contribution in [0.25, 0.3) is 0 Å². The van der Waals surface area contributed by atoms with Crippen molar-refractivity contribution in [3.8, 4) is 0 Å². The first-order chi connectivity index (χ1) is 14.4. The van der Waals surface area contributed by atoms with Crippen molar-refractivity contribution in [3.05, 3.63) is 29.8 Å². The summed E-state index contributed by atoms with van der Waals surface area (Å²) in [7, 11) is -3.61. The number of aliphatic hydroxyl groups excluding tert-OH is 1. The van der Waals surface area contributed by atoms with E-state index in [4.69, 9.17) is 0 Å². The Morgan fingerprint density at radius 3 is 2.40 bits per heavy atom. The highest BCUT2D eigenvalue weighted by Gasteiger charge is 2.51. The van der Waals surface area contributed by atoms with E-state index in [9.17, 15) is 13.5 Å². The lowest BCUT2D eigenvalue weighted by molar-refractivity contribution is -0.0411. The van der Waals surface area contributed by atoms with Crippen LogP contribution in [-0.4, -0.2) is 25.3 Å². The lowest BCUT2D eigenvalue weighted by atomic mass is 9.53. The Bertz CT molecular complexity index is 911. The van der Waals surface area contributed by atoms with E-state index in [0.29, 0.717) is 11.8 Å². The van der Waals surface area contributed by atoms with Crippen molar-refractivity contribution in [1.29, 1.82) is 0 Å². The minimum Gasteiger partial charge on any atom is -0.393 e. The van der Waals surface area contributed by atoms with E-state index in [2.05, 4.69) is 9.93 Å². The van der Waals surface area contributed by atoms with Gasteiger partial charge in [-0.3, -0.25) is 0 Å². The molecule has 0 unspecified atom stereocenters. The van der Waals surface area contributed by atoms with Crippen molar-refractivity contribution in [2.75, 3.05) is 0 Å². The summed E-state index contributed by atoms with van der Waals surface area (Å²) in [4.78, 5) is 2.80. The monoisotopic (exact) mass is 430 g/mol. The Morgan fingerprint density at radius 2 is 1.60 bits per heavy atom. The first kappa shape index (κ1) is 20.5. The molecule has 4 saturated carbocycles. The predicted octanol–water partition coefficient (Wildman–Crippen LogP) is 4.25. The van der Waals surface area contributed by atoms with Gasteiger partial charge in [0, 0.05) is 11.6 Å². The second kappa shape index (κ2) is 7.94. The normalized spacial score (nSPS) is 39.8. The van der Waals surface area contributed by atoms with Gasteiger partial charge < -0.3 is 5.11 Å². The van der Waals surface area contributed by atoms with Crippen LogP contribution in [0, 0.1) is 42.4 Å². The zero-order valence-corrected chi connectivity index (χ0v) is 18.7. The summed E-state index contributed by atoms with van der Waals surface area (Å²) in [6.07, 6.45) is 10.1. The quantitative estimate of drug-likeness (QED) is 0.704. The number of nitrogens with one attached hydrogen (secondary N) is 1.